The Morgan fingerprint density at radius 3 is 2.72 bits per heavy atom. The zero-order valence-electron chi connectivity index (χ0n) is 11.5. The molecule has 0 amide bonds. The van der Waals surface area contributed by atoms with Gasteiger partial charge >= 0.3 is 0 Å². The van der Waals surface area contributed by atoms with Crippen LogP contribution in [-0.2, 0) is 0 Å². The molecule has 2 N–H and O–H groups in total. The molecule has 1 saturated carbocycles. The highest BCUT2D eigenvalue weighted by atomic mass is 16.5. The van der Waals surface area contributed by atoms with Crippen LogP contribution in [0.2, 0.25) is 0 Å². The first-order valence-electron chi connectivity index (χ1n) is 6.62. The standard InChI is InChI=1S/C15H23NO2/c1-11-4-5-14(12(2)8-11)18-10-13(17)9-16-15(3)6-7-15/h4-5,8,13,16-17H,6-7,9-10H2,1-3H3. The Balaban J connectivity index is 1.76. The van der Waals surface area contributed by atoms with Gasteiger partial charge in [0.05, 0.1) is 0 Å². The van der Waals surface area contributed by atoms with Crippen LogP contribution in [0.15, 0.2) is 18.2 Å². The highest BCUT2D eigenvalue weighted by molar-refractivity contribution is 5.35. The fourth-order valence-corrected chi connectivity index (χ4v) is 1.93. The summed E-state index contributed by atoms with van der Waals surface area (Å²) in [6.45, 7) is 7.21. The van der Waals surface area contributed by atoms with Crippen molar-refractivity contribution >= 4 is 0 Å². The van der Waals surface area contributed by atoms with Crippen molar-refractivity contribution in [3.63, 3.8) is 0 Å². The number of rotatable bonds is 6. The maximum atomic E-state index is 9.86. The molecule has 1 aromatic carbocycles. The van der Waals surface area contributed by atoms with Gasteiger partial charge in [-0.1, -0.05) is 17.7 Å². The topological polar surface area (TPSA) is 41.5 Å². The zero-order valence-corrected chi connectivity index (χ0v) is 11.5. The lowest BCUT2D eigenvalue weighted by atomic mass is 10.1. The van der Waals surface area contributed by atoms with E-state index in [-0.39, 0.29) is 5.54 Å². The second-order valence-electron chi connectivity index (χ2n) is 5.68. The first-order chi connectivity index (χ1) is 8.48. The first-order valence-corrected chi connectivity index (χ1v) is 6.62. The number of β-amino-alcohol motifs (C(OH)–C–C–N with tert-alkyl or cyclic N) is 1. The third kappa shape index (κ3) is 3.72. The molecule has 1 aromatic rings. The van der Waals surface area contributed by atoms with E-state index < -0.39 is 6.10 Å². The third-order valence-corrected chi connectivity index (χ3v) is 3.53. The number of aliphatic hydroxyl groups is 1. The predicted molar refractivity (Wildman–Crippen MR) is 73.1 cm³/mol. The SMILES string of the molecule is Cc1ccc(OCC(O)CNC2(C)CC2)c(C)c1. The van der Waals surface area contributed by atoms with Crippen molar-refractivity contribution < 1.29 is 9.84 Å². The molecule has 1 aliphatic rings. The smallest absolute Gasteiger partial charge is 0.122 e. The molecular weight excluding hydrogens is 226 g/mol. The van der Waals surface area contributed by atoms with Crippen LogP contribution in [0, 0.1) is 13.8 Å². The van der Waals surface area contributed by atoms with E-state index in [9.17, 15) is 5.11 Å². The first kappa shape index (κ1) is 13.4. The summed E-state index contributed by atoms with van der Waals surface area (Å²) in [7, 11) is 0. The normalized spacial score (nSPS) is 18.4. The lowest BCUT2D eigenvalue weighted by molar-refractivity contribution is 0.103. The molecule has 18 heavy (non-hydrogen) atoms. The van der Waals surface area contributed by atoms with Crippen LogP contribution >= 0.6 is 0 Å². The number of hydrogen-bond donors (Lipinski definition) is 2. The molecular formula is C15H23NO2. The van der Waals surface area contributed by atoms with Gasteiger partial charge in [0.15, 0.2) is 0 Å². The molecule has 0 radical (unpaired) electrons. The fraction of sp³-hybridized carbons (Fsp3) is 0.600. The maximum absolute atomic E-state index is 9.86. The quantitative estimate of drug-likeness (QED) is 0.812. The van der Waals surface area contributed by atoms with Gasteiger partial charge < -0.3 is 15.2 Å². The minimum Gasteiger partial charge on any atom is -0.491 e. The van der Waals surface area contributed by atoms with Crippen molar-refractivity contribution in [2.45, 2.75) is 45.3 Å². The van der Waals surface area contributed by atoms with Crippen LogP contribution in [0.4, 0.5) is 0 Å². The molecule has 1 unspecified atom stereocenters. The molecule has 0 heterocycles. The van der Waals surface area contributed by atoms with Crippen molar-refractivity contribution in [1.82, 2.24) is 5.32 Å². The molecule has 100 valence electrons. The monoisotopic (exact) mass is 249 g/mol. The largest absolute Gasteiger partial charge is 0.491 e. The Kier molecular flexibility index (Phi) is 3.93. The molecule has 0 bridgehead atoms. The Bertz CT molecular complexity index is 413. The molecule has 0 saturated heterocycles. The van der Waals surface area contributed by atoms with Gasteiger partial charge in [-0.25, -0.2) is 0 Å². The number of aliphatic hydroxyl groups excluding tert-OH is 1. The summed E-state index contributed by atoms with van der Waals surface area (Å²) in [5.41, 5.74) is 2.61. The van der Waals surface area contributed by atoms with E-state index in [1.807, 2.05) is 19.1 Å². The molecule has 0 aliphatic heterocycles. The molecule has 1 aliphatic carbocycles. The summed E-state index contributed by atoms with van der Waals surface area (Å²) in [5.74, 6) is 0.859. The lowest BCUT2D eigenvalue weighted by Gasteiger charge is -2.17. The summed E-state index contributed by atoms with van der Waals surface area (Å²) < 4.78 is 5.65. The van der Waals surface area contributed by atoms with E-state index >= 15 is 0 Å². The van der Waals surface area contributed by atoms with Gasteiger partial charge in [-0.05, 0) is 45.2 Å². The average molecular weight is 249 g/mol. The predicted octanol–water partition coefficient (Wildman–Crippen LogP) is 2.19. The van der Waals surface area contributed by atoms with E-state index in [0.717, 1.165) is 11.3 Å². The fourth-order valence-electron chi connectivity index (χ4n) is 1.93. The molecule has 1 fully saturated rings. The van der Waals surface area contributed by atoms with Gasteiger partial charge in [0.2, 0.25) is 0 Å². The molecule has 3 nitrogen and oxygen atoms in total. The van der Waals surface area contributed by atoms with Gasteiger partial charge in [-0.3, -0.25) is 0 Å². The minimum absolute atomic E-state index is 0.265. The van der Waals surface area contributed by atoms with E-state index in [1.54, 1.807) is 0 Å². The Hall–Kier alpha value is -1.06. The van der Waals surface area contributed by atoms with Gasteiger partial charge in [0.1, 0.15) is 18.5 Å². The van der Waals surface area contributed by atoms with Gasteiger partial charge in [0.25, 0.3) is 0 Å². The van der Waals surface area contributed by atoms with Crippen molar-refractivity contribution in [3.8, 4) is 5.75 Å². The van der Waals surface area contributed by atoms with Gasteiger partial charge in [-0.2, -0.15) is 0 Å². The summed E-state index contributed by atoms with van der Waals surface area (Å²) >= 11 is 0. The average Bonchev–Trinajstić information content (AvgIpc) is 3.04. The maximum Gasteiger partial charge on any atom is 0.122 e. The summed E-state index contributed by atoms with van der Waals surface area (Å²) in [4.78, 5) is 0. The van der Waals surface area contributed by atoms with E-state index in [4.69, 9.17) is 4.74 Å². The van der Waals surface area contributed by atoms with E-state index in [1.165, 1.54) is 18.4 Å². The van der Waals surface area contributed by atoms with E-state index in [2.05, 4.69) is 25.2 Å². The Morgan fingerprint density at radius 2 is 2.11 bits per heavy atom. The van der Waals surface area contributed by atoms with E-state index in [0.29, 0.717) is 13.2 Å². The summed E-state index contributed by atoms with van der Waals surface area (Å²) in [5, 5.41) is 13.2. The Morgan fingerprint density at radius 1 is 1.39 bits per heavy atom. The van der Waals surface area contributed by atoms with Gasteiger partial charge in [-0.15, -0.1) is 0 Å². The highest BCUT2D eigenvalue weighted by Crippen LogP contribution is 2.34. The summed E-state index contributed by atoms with van der Waals surface area (Å²) in [6, 6.07) is 6.08. The number of hydrogen-bond acceptors (Lipinski definition) is 3. The molecule has 1 atom stereocenters. The molecule has 0 aromatic heterocycles. The van der Waals surface area contributed by atoms with Crippen molar-refractivity contribution in [2.24, 2.45) is 0 Å². The van der Waals surface area contributed by atoms with Crippen LogP contribution in [-0.4, -0.2) is 29.9 Å². The molecule has 2 rings (SSSR count). The van der Waals surface area contributed by atoms with Crippen LogP contribution in [0.25, 0.3) is 0 Å². The van der Waals surface area contributed by atoms with Crippen molar-refractivity contribution in [1.29, 1.82) is 0 Å². The highest BCUT2D eigenvalue weighted by Gasteiger charge is 2.36. The number of ether oxygens (including phenoxy) is 1. The molecule has 0 spiro atoms. The van der Waals surface area contributed by atoms with Crippen molar-refractivity contribution in [3.05, 3.63) is 29.3 Å². The second kappa shape index (κ2) is 5.29. The summed E-state index contributed by atoms with van der Waals surface area (Å²) in [6.07, 6.45) is 1.96. The van der Waals surface area contributed by atoms with Gasteiger partial charge in [0, 0.05) is 12.1 Å². The zero-order chi connectivity index (χ0) is 13.2. The third-order valence-electron chi connectivity index (χ3n) is 3.53. The molecule has 3 heteroatoms. The van der Waals surface area contributed by atoms with Crippen LogP contribution in [0.3, 0.4) is 0 Å². The van der Waals surface area contributed by atoms with Crippen LogP contribution in [0.1, 0.15) is 30.9 Å². The lowest BCUT2D eigenvalue weighted by Crippen LogP contribution is -2.37. The minimum atomic E-state index is -0.455. The van der Waals surface area contributed by atoms with Crippen LogP contribution in [0.5, 0.6) is 5.75 Å². The van der Waals surface area contributed by atoms with Crippen molar-refractivity contribution in [2.75, 3.05) is 13.2 Å². The number of nitrogens with one attached hydrogen (secondary N) is 1. The van der Waals surface area contributed by atoms with Crippen LogP contribution < -0.4 is 10.1 Å². The Labute approximate surface area is 109 Å². The second-order valence-corrected chi connectivity index (χ2v) is 5.68. The number of benzene rings is 1. The number of aryl methyl sites for hydroxylation is 2.